The summed E-state index contributed by atoms with van der Waals surface area (Å²) in [6, 6.07) is 14.9. The first-order valence-corrected chi connectivity index (χ1v) is 11.0. The molecule has 8 nitrogen and oxygen atoms in total. The average Bonchev–Trinajstić information content (AvgIpc) is 3.16. The van der Waals surface area contributed by atoms with E-state index in [1.807, 2.05) is 12.1 Å². The highest BCUT2D eigenvalue weighted by molar-refractivity contribution is 6.46. The molecule has 1 amide bonds. The number of hydrogen-bond donors (Lipinski definition) is 1. The molecule has 2 heterocycles. The molecule has 1 atom stereocenters. The summed E-state index contributed by atoms with van der Waals surface area (Å²) in [5.41, 5.74) is 1.98. The van der Waals surface area contributed by atoms with Gasteiger partial charge >= 0.3 is 0 Å². The van der Waals surface area contributed by atoms with Crippen molar-refractivity contribution in [2.75, 3.05) is 27.9 Å². The fourth-order valence-corrected chi connectivity index (χ4v) is 4.18. The van der Waals surface area contributed by atoms with Crippen LogP contribution in [0.15, 0.2) is 72.6 Å². The Kier molecular flexibility index (Phi) is 7.01. The molecule has 1 aliphatic rings. The van der Waals surface area contributed by atoms with Gasteiger partial charge in [-0.1, -0.05) is 12.1 Å². The minimum Gasteiger partial charge on any atom is -0.507 e. The zero-order chi connectivity index (χ0) is 24.9. The van der Waals surface area contributed by atoms with Crippen molar-refractivity contribution in [3.63, 3.8) is 0 Å². The molecule has 1 aromatic heterocycles. The molecule has 0 saturated carbocycles. The van der Waals surface area contributed by atoms with Gasteiger partial charge in [0, 0.05) is 24.5 Å². The zero-order valence-corrected chi connectivity index (χ0v) is 19.7. The van der Waals surface area contributed by atoms with E-state index in [-0.39, 0.29) is 17.9 Å². The van der Waals surface area contributed by atoms with Crippen molar-refractivity contribution in [1.82, 2.24) is 9.88 Å². The summed E-state index contributed by atoms with van der Waals surface area (Å²) in [5, 5.41) is 11.1. The largest absolute Gasteiger partial charge is 0.507 e. The van der Waals surface area contributed by atoms with E-state index in [0.717, 1.165) is 5.56 Å². The van der Waals surface area contributed by atoms with Gasteiger partial charge in [-0.25, -0.2) is 0 Å². The number of aliphatic hydroxyl groups is 1. The van der Waals surface area contributed by atoms with E-state index in [2.05, 4.69) is 4.98 Å². The molecular formula is C27H26N2O6. The second-order valence-electron chi connectivity index (χ2n) is 7.95. The lowest BCUT2D eigenvalue weighted by molar-refractivity contribution is -0.139. The van der Waals surface area contributed by atoms with Crippen LogP contribution in [0.5, 0.6) is 17.2 Å². The Morgan fingerprint density at radius 1 is 0.971 bits per heavy atom. The number of Topliss-reactive ketones (excluding diaryl/α,β-unsaturated/α-hetero) is 1. The summed E-state index contributed by atoms with van der Waals surface area (Å²) in [7, 11) is 4.66. The van der Waals surface area contributed by atoms with E-state index in [0.29, 0.717) is 34.8 Å². The standard InChI is InChI=1S/C27H26N2O6/c1-33-20-9-7-18(8-10-20)25(30)23-24(19-5-4-13-28-16-19)29(27(32)26(23)31)14-12-17-6-11-21(34-2)22(15-17)35-3/h4-11,13,15-16,24,30H,12,14H2,1-3H3/t24-/m1/s1. The van der Waals surface area contributed by atoms with Crippen LogP contribution in [0.25, 0.3) is 5.76 Å². The average molecular weight is 475 g/mol. The van der Waals surface area contributed by atoms with Crippen LogP contribution in [0.2, 0.25) is 0 Å². The third kappa shape index (κ3) is 4.68. The Labute approximate surface area is 203 Å². The highest BCUT2D eigenvalue weighted by Crippen LogP contribution is 2.39. The maximum absolute atomic E-state index is 13.1. The van der Waals surface area contributed by atoms with Crippen LogP contribution in [0.1, 0.15) is 22.7 Å². The molecule has 180 valence electrons. The number of methoxy groups -OCH3 is 3. The van der Waals surface area contributed by atoms with Gasteiger partial charge < -0.3 is 24.2 Å². The van der Waals surface area contributed by atoms with Gasteiger partial charge in [0.25, 0.3) is 11.7 Å². The summed E-state index contributed by atoms with van der Waals surface area (Å²) in [6.07, 6.45) is 3.68. The van der Waals surface area contributed by atoms with Crippen molar-refractivity contribution in [2.24, 2.45) is 0 Å². The van der Waals surface area contributed by atoms with Gasteiger partial charge in [0.05, 0.1) is 32.9 Å². The molecule has 2 aromatic carbocycles. The van der Waals surface area contributed by atoms with Gasteiger partial charge in [-0.05, 0) is 60.0 Å². The second kappa shape index (κ2) is 10.3. The number of hydrogen-bond acceptors (Lipinski definition) is 7. The van der Waals surface area contributed by atoms with Gasteiger partial charge in [-0.3, -0.25) is 14.6 Å². The van der Waals surface area contributed by atoms with Gasteiger partial charge in [0.1, 0.15) is 11.5 Å². The summed E-state index contributed by atoms with van der Waals surface area (Å²) in [4.78, 5) is 31.9. The van der Waals surface area contributed by atoms with Gasteiger partial charge in [-0.15, -0.1) is 0 Å². The molecule has 1 N–H and O–H groups in total. The van der Waals surface area contributed by atoms with Crippen molar-refractivity contribution >= 4 is 17.4 Å². The van der Waals surface area contributed by atoms with E-state index in [1.165, 1.54) is 4.90 Å². The molecule has 1 aliphatic heterocycles. The fourth-order valence-electron chi connectivity index (χ4n) is 4.18. The van der Waals surface area contributed by atoms with Crippen LogP contribution >= 0.6 is 0 Å². The first-order chi connectivity index (χ1) is 17.0. The van der Waals surface area contributed by atoms with E-state index in [4.69, 9.17) is 14.2 Å². The SMILES string of the molecule is COc1ccc(C(O)=C2C(=O)C(=O)N(CCc3ccc(OC)c(OC)c3)[C@@H]2c2cccnc2)cc1. The molecule has 0 bridgehead atoms. The Morgan fingerprint density at radius 3 is 2.34 bits per heavy atom. The van der Waals surface area contributed by atoms with Crippen molar-refractivity contribution in [3.8, 4) is 17.2 Å². The quantitative estimate of drug-likeness (QED) is 0.301. The lowest BCUT2D eigenvalue weighted by atomic mass is 9.96. The molecule has 0 spiro atoms. The Bertz CT molecular complexity index is 1250. The van der Waals surface area contributed by atoms with Gasteiger partial charge in [0.2, 0.25) is 0 Å². The van der Waals surface area contributed by atoms with E-state index < -0.39 is 17.7 Å². The number of carbonyl (C=O) groups excluding carboxylic acids is 2. The van der Waals surface area contributed by atoms with E-state index in [1.54, 1.807) is 76.2 Å². The predicted octanol–water partition coefficient (Wildman–Crippen LogP) is 3.77. The molecule has 0 unspecified atom stereocenters. The maximum Gasteiger partial charge on any atom is 0.295 e. The number of likely N-dealkylation sites (tertiary alicyclic amines) is 1. The Hall–Kier alpha value is -4.33. The summed E-state index contributed by atoms with van der Waals surface area (Å²) >= 11 is 0. The minimum absolute atomic E-state index is 0.0282. The molecule has 0 aliphatic carbocycles. The highest BCUT2D eigenvalue weighted by Gasteiger charge is 2.45. The number of aliphatic hydroxyl groups excluding tert-OH is 1. The third-order valence-electron chi connectivity index (χ3n) is 5.99. The van der Waals surface area contributed by atoms with E-state index >= 15 is 0 Å². The molecule has 0 radical (unpaired) electrons. The molecule has 3 aromatic rings. The molecule has 4 rings (SSSR count). The lowest BCUT2D eigenvalue weighted by Crippen LogP contribution is -2.31. The number of benzene rings is 2. The number of carbonyl (C=O) groups is 2. The minimum atomic E-state index is -0.772. The fraction of sp³-hybridized carbons (Fsp3) is 0.222. The predicted molar refractivity (Wildman–Crippen MR) is 129 cm³/mol. The number of rotatable bonds is 8. The summed E-state index contributed by atoms with van der Waals surface area (Å²) in [5.74, 6) is 0.144. The van der Waals surface area contributed by atoms with Crippen LogP contribution in [0.4, 0.5) is 0 Å². The third-order valence-corrected chi connectivity index (χ3v) is 5.99. The number of ether oxygens (including phenoxy) is 3. The van der Waals surface area contributed by atoms with E-state index in [9.17, 15) is 14.7 Å². The monoisotopic (exact) mass is 474 g/mol. The topological polar surface area (TPSA) is 98.2 Å². The Morgan fingerprint density at radius 2 is 1.71 bits per heavy atom. The zero-order valence-electron chi connectivity index (χ0n) is 19.7. The van der Waals surface area contributed by atoms with Gasteiger partial charge in [0.15, 0.2) is 11.5 Å². The second-order valence-corrected chi connectivity index (χ2v) is 7.95. The van der Waals surface area contributed by atoms with Crippen LogP contribution in [0, 0.1) is 0 Å². The molecule has 35 heavy (non-hydrogen) atoms. The number of ketones is 1. The van der Waals surface area contributed by atoms with Gasteiger partial charge in [-0.2, -0.15) is 0 Å². The van der Waals surface area contributed by atoms with Crippen molar-refractivity contribution in [2.45, 2.75) is 12.5 Å². The normalized spacial score (nSPS) is 16.9. The summed E-state index contributed by atoms with van der Waals surface area (Å²) < 4.78 is 15.8. The lowest BCUT2D eigenvalue weighted by Gasteiger charge is -2.25. The highest BCUT2D eigenvalue weighted by atomic mass is 16.5. The number of pyridine rings is 1. The molecule has 1 fully saturated rings. The molecule has 8 heteroatoms. The smallest absolute Gasteiger partial charge is 0.295 e. The van der Waals surface area contributed by atoms with Crippen LogP contribution in [-0.4, -0.2) is 54.6 Å². The molecular weight excluding hydrogens is 448 g/mol. The van der Waals surface area contributed by atoms with Crippen LogP contribution in [0.3, 0.4) is 0 Å². The van der Waals surface area contributed by atoms with Crippen LogP contribution < -0.4 is 14.2 Å². The number of amides is 1. The maximum atomic E-state index is 13.1. The van der Waals surface area contributed by atoms with Crippen LogP contribution in [-0.2, 0) is 16.0 Å². The first-order valence-electron chi connectivity index (χ1n) is 11.0. The summed E-state index contributed by atoms with van der Waals surface area (Å²) in [6.45, 7) is 0.249. The van der Waals surface area contributed by atoms with Crippen molar-refractivity contribution < 1.29 is 28.9 Å². The Balaban J connectivity index is 1.71. The first kappa shape index (κ1) is 23.8. The van der Waals surface area contributed by atoms with Crippen molar-refractivity contribution in [1.29, 1.82) is 0 Å². The van der Waals surface area contributed by atoms with Crippen molar-refractivity contribution in [3.05, 3.63) is 89.3 Å². The number of nitrogens with zero attached hydrogens (tertiary/aromatic N) is 2. The number of aromatic nitrogens is 1. The molecule has 1 saturated heterocycles.